The second-order valence-corrected chi connectivity index (χ2v) is 9.20. The van der Waals surface area contributed by atoms with Crippen molar-refractivity contribution in [3.8, 4) is 0 Å². The van der Waals surface area contributed by atoms with Gasteiger partial charge < -0.3 is 24.2 Å². The third-order valence-electron chi connectivity index (χ3n) is 4.41. The van der Waals surface area contributed by atoms with Crippen molar-refractivity contribution in [2.45, 2.75) is 71.8 Å². The fraction of sp³-hybridized carbons (Fsp3) is 0.550. The van der Waals surface area contributed by atoms with E-state index in [1.165, 1.54) is 0 Å². The Morgan fingerprint density at radius 1 is 1.18 bits per heavy atom. The van der Waals surface area contributed by atoms with Crippen LogP contribution in [0.25, 0.3) is 11.0 Å². The van der Waals surface area contributed by atoms with Gasteiger partial charge in [-0.3, -0.25) is 0 Å². The van der Waals surface area contributed by atoms with Crippen molar-refractivity contribution in [2.24, 2.45) is 0 Å². The molecule has 1 amide bonds. The van der Waals surface area contributed by atoms with Gasteiger partial charge in [0.2, 0.25) is 0 Å². The Morgan fingerprint density at radius 3 is 2.39 bits per heavy atom. The van der Waals surface area contributed by atoms with Gasteiger partial charge in [0, 0.05) is 5.39 Å². The minimum atomic E-state index is -1.02. The van der Waals surface area contributed by atoms with E-state index in [0.717, 1.165) is 10.8 Å². The maximum absolute atomic E-state index is 11.8. The topological polar surface area (TPSA) is 80.9 Å². The van der Waals surface area contributed by atoms with Crippen LogP contribution in [0.1, 0.15) is 54.2 Å². The molecule has 1 aromatic heterocycles. The summed E-state index contributed by atoms with van der Waals surface area (Å²) >= 11 is 6.33. The Bertz CT molecular complexity index is 849. The maximum atomic E-state index is 11.8. The van der Waals surface area contributed by atoms with Crippen molar-refractivity contribution in [2.75, 3.05) is 0 Å². The fourth-order valence-electron chi connectivity index (χ4n) is 2.17. The summed E-state index contributed by atoms with van der Waals surface area (Å²) in [4.78, 5) is 11.8. The molecular weight excluding hydrogens is 380 g/mol. The second kappa shape index (κ2) is 7.97. The highest BCUT2D eigenvalue weighted by atomic mass is 35.5. The Balaban J connectivity index is 2.10. The zero-order valence-electron chi connectivity index (χ0n) is 17.5. The van der Waals surface area contributed by atoms with Crippen LogP contribution in [0.15, 0.2) is 22.6 Å². The lowest BCUT2D eigenvalue weighted by Gasteiger charge is -2.37. The Hall–Kier alpha value is -1.70. The van der Waals surface area contributed by atoms with E-state index in [0.29, 0.717) is 16.4 Å². The van der Waals surface area contributed by atoms with Crippen molar-refractivity contribution >= 4 is 41.6 Å². The Labute approximate surface area is 171 Å². The van der Waals surface area contributed by atoms with Crippen molar-refractivity contribution in [3.63, 3.8) is 0 Å². The summed E-state index contributed by atoms with van der Waals surface area (Å²) in [7, 11) is 1.56. The lowest BCUT2D eigenvalue weighted by atomic mass is 9.82. The van der Waals surface area contributed by atoms with E-state index in [9.17, 15) is 9.90 Å². The van der Waals surface area contributed by atoms with E-state index in [1.54, 1.807) is 54.2 Å². The number of carbonyl (C=O) groups is 1. The number of benzene rings is 1. The number of furan rings is 1. The number of rotatable bonds is 6. The van der Waals surface area contributed by atoms with E-state index in [2.05, 4.69) is 5.32 Å². The van der Waals surface area contributed by atoms with Crippen molar-refractivity contribution in [1.82, 2.24) is 5.32 Å². The van der Waals surface area contributed by atoms with Crippen LogP contribution in [0.2, 0.25) is 5.02 Å². The molecule has 0 fully saturated rings. The number of hydrogen-bond acceptors (Lipinski definition) is 5. The van der Waals surface area contributed by atoms with Crippen LogP contribution in [0.3, 0.4) is 0 Å². The second-order valence-electron chi connectivity index (χ2n) is 8.79. The van der Waals surface area contributed by atoms with Gasteiger partial charge in [0.15, 0.2) is 5.58 Å². The molecule has 153 valence electrons. The molecule has 0 atom stereocenters. The van der Waals surface area contributed by atoms with Crippen molar-refractivity contribution < 1.29 is 23.7 Å². The summed E-state index contributed by atoms with van der Waals surface area (Å²) in [5.41, 5.74) is -1.10. The largest absolute Gasteiger partial charge is 0.458 e. The number of halogens is 1. The van der Waals surface area contributed by atoms with Gasteiger partial charge in [0.25, 0.3) is 0 Å². The smallest absolute Gasteiger partial charge is 0.408 e. The summed E-state index contributed by atoms with van der Waals surface area (Å²) in [5, 5.41) is 14.1. The molecule has 1 heterocycles. The van der Waals surface area contributed by atoms with Gasteiger partial charge in [0.05, 0.1) is 22.8 Å². The molecule has 0 spiro atoms. The van der Waals surface area contributed by atoms with Crippen LogP contribution >= 0.6 is 11.6 Å². The summed E-state index contributed by atoms with van der Waals surface area (Å²) in [6, 6.07) is 5.39. The van der Waals surface area contributed by atoms with Gasteiger partial charge in [-0.1, -0.05) is 23.1 Å². The molecule has 0 unspecified atom stereocenters. The van der Waals surface area contributed by atoms with Gasteiger partial charge in [0.1, 0.15) is 11.4 Å². The first-order valence-corrected chi connectivity index (χ1v) is 9.48. The van der Waals surface area contributed by atoms with Crippen LogP contribution in [-0.4, -0.2) is 35.5 Å². The number of alkyl carbamates (subject to hydrolysis) is 1. The summed E-state index contributed by atoms with van der Waals surface area (Å²) in [6.07, 6.45) is -0.518. The molecule has 0 bridgehead atoms. The highest BCUT2D eigenvalue weighted by molar-refractivity contribution is 6.49. The molecule has 2 rings (SSSR count). The quantitative estimate of drug-likeness (QED) is 0.708. The van der Waals surface area contributed by atoms with Gasteiger partial charge in [-0.25, -0.2) is 4.79 Å². The zero-order valence-corrected chi connectivity index (χ0v) is 18.2. The predicted octanol–water partition coefficient (Wildman–Crippen LogP) is 3.92. The molecule has 0 saturated carbocycles. The average molecular weight is 409 g/mol. The summed E-state index contributed by atoms with van der Waals surface area (Å²) < 4.78 is 16.7. The number of aliphatic hydroxyl groups is 1. The number of amides is 1. The molecule has 0 aliphatic carbocycles. The average Bonchev–Trinajstić information content (AvgIpc) is 2.92. The SMILES string of the molecule is CC(C)(C)OC(=O)NCc1cc2cc([B]OC(C)(C)C(C)(C)O)cc(Cl)c2o1. The molecule has 8 heteroatoms. The number of carbonyl (C=O) groups excluding carboxylic acids is 1. The van der Waals surface area contributed by atoms with Gasteiger partial charge >= 0.3 is 13.6 Å². The number of hydrogen-bond donors (Lipinski definition) is 2. The molecular formula is C20H28BClNO5. The Morgan fingerprint density at radius 2 is 1.82 bits per heavy atom. The lowest BCUT2D eigenvalue weighted by molar-refractivity contribution is -0.0893. The van der Waals surface area contributed by atoms with E-state index in [-0.39, 0.29) is 6.54 Å². The minimum absolute atomic E-state index is 0.182. The number of nitrogens with one attached hydrogen (secondary N) is 1. The monoisotopic (exact) mass is 408 g/mol. The van der Waals surface area contributed by atoms with Crippen LogP contribution < -0.4 is 10.8 Å². The number of fused-ring (bicyclic) bond motifs is 1. The van der Waals surface area contributed by atoms with E-state index in [4.69, 9.17) is 25.4 Å². The molecule has 2 N–H and O–H groups in total. The number of ether oxygens (including phenoxy) is 1. The first-order chi connectivity index (χ1) is 12.7. The van der Waals surface area contributed by atoms with E-state index < -0.39 is 22.9 Å². The molecule has 2 aromatic rings. The minimum Gasteiger partial charge on any atom is -0.458 e. The molecule has 1 radical (unpaired) electrons. The fourth-order valence-corrected chi connectivity index (χ4v) is 2.45. The van der Waals surface area contributed by atoms with Crippen LogP contribution in [0, 0.1) is 0 Å². The standard InChI is InChI=1S/C20H28BClNO5/c1-18(2,3)27-17(24)23-11-14-9-12-8-13(10-15(22)16(12)26-14)21-28-20(6,7)19(4,5)25/h8-10,25H,11H2,1-7H3,(H,23,24). The van der Waals surface area contributed by atoms with E-state index in [1.807, 2.05) is 19.9 Å². The summed E-state index contributed by atoms with van der Waals surface area (Å²) in [5.74, 6) is 0.553. The van der Waals surface area contributed by atoms with Crippen molar-refractivity contribution in [1.29, 1.82) is 0 Å². The van der Waals surface area contributed by atoms with Crippen molar-refractivity contribution in [3.05, 3.63) is 29.0 Å². The molecule has 0 aliphatic rings. The molecule has 28 heavy (non-hydrogen) atoms. The first kappa shape index (κ1) is 22.6. The molecule has 6 nitrogen and oxygen atoms in total. The van der Waals surface area contributed by atoms with Gasteiger partial charge in [-0.15, -0.1) is 0 Å². The van der Waals surface area contributed by atoms with Gasteiger partial charge in [-0.2, -0.15) is 0 Å². The lowest BCUT2D eigenvalue weighted by Crippen LogP contribution is -2.49. The maximum Gasteiger partial charge on any atom is 0.408 e. The molecule has 0 aliphatic heterocycles. The third-order valence-corrected chi connectivity index (χ3v) is 4.69. The third kappa shape index (κ3) is 5.90. The first-order valence-electron chi connectivity index (χ1n) is 9.10. The van der Waals surface area contributed by atoms with Crippen LogP contribution in [0.4, 0.5) is 4.79 Å². The van der Waals surface area contributed by atoms with E-state index >= 15 is 0 Å². The normalized spacial score (nSPS) is 12.9. The highest BCUT2D eigenvalue weighted by Gasteiger charge is 2.35. The highest BCUT2D eigenvalue weighted by Crippen LogP contribution is 2.27. The zero-order chi connectivity index (χ0) is 21.3. The Kier molecular flexibility index (Phi) is 6.43. The van der Waals surface area contributed by atoms with Gasteiger partial charge in [-0.05, 0) is 60.6 Å². The summed E-state index contributed by atoms with van der Waals surface area (Å²) in [6.45, 7) is 12.6. The van der Waals surface area contributed by atoms with Crippen LogP contribution in [-0.2, 0) is 15.9 Å². The molecule has 0 saturated heterocycles. The van der Waals surface area contributed by atoms with Crippen LogP contribution in [0.5, 0.6) is 0 Å². The molecule has 1 aromatic carbocycles. The predicted molar refractivity (Wildman–Crippen MR) is 111 cm³/mol.